The molecule has 4 rings (SSSR count). The molecule has 0 radical (unpaired) electrons. The second-order valence-electron chi connectivity index (χ2n) is 4.65. The Morgan fingerprint density at radius 3 is 2.65 bits per heavy atom. The van der Waals surface area contributed by atoms with Crippen LogP contribution in [-0.2, 0) is 6.54 Å². The molecule has 0 unspecified atom stereocenters. The van der Waals surface area contributed by atoms with Crippen LogP contribution < -0.4 is 5.32 Å². The van der Waals surface area contributed by atoms with E-state index in [1.54, 1.807) is 0 Å². The van der Waals surface area contributed by atoms with Crippen LogP contribution in [0.4, 0.5) is 5.95 Å². The molecule has 0 atom stereocenters. The number of nitrogens with one attached hydrogen (secondary N) is 2. The Kier molecular flexibility index (Phi) is 2.42. The SMILES string of the molecule is c1ccc(CNc2nc3nc4ccccc4n3[nH]2)cc1. The topological polar surface area (TPSA) is 58.0 Å². The Balaban J connectivity index is 1.64. The van der Waals surface area contributed by atoms with Crippen LogP contribution in [-0.4, -0.2) is 19.6 Å². The normalized spacial score (nSPS) is 11.2. The number of imidazole rings is 1. The second-order valence-corrected chi connectivity index (χ2v) is 4.65. The van der Waals surface area contributed by atoms with Gasteiger partial charge in [0.05, 0.1) is 11.0 Å². The number of hydrogen-bond donors (Lipinski definition) is 2. The Hall–Kier alpha value is -2.82. The molecule has 2 aromatic heterocycles. The Morgan fingerprint density at radius 1 is 0.950 bits per heavy atom. The zero-order valence-corrected chi connectivity index (χ0v) is 10.7. The number of anilines is 1. The van der Waals surface area contributed by atoms with Crippen LogP contribution in [0.3, 0.4) is 0 Å². The standard InChI is InChI=1S/C15H13N5/c1-2-6-11(7-3-1)10-16-14-18-15-17-12-8-4-5-9-13(12)20(15)19-14/h1-9H,10H2,(H2,16,17,18,19). The van der Waals surface area contributed by atoms with Gasteiger partial charge in [0.2, 0.25) is 5.95 Å². The maximum atomic E-state index is 4.47. The van der Waals surface area contributed by atoms with Crippen molar-refractivity contribution in [2.45, 2.75) is 6.54 Å². The molecule has 2 heterocycles. The average molecular weight is 263 g/mol. The van der Waals surface area contributed by atoms with Crippen LogP contribution in [0.2, 0.25) is 0 Å². The summed E-state index contributed by atoms with van der Waals surface area (Å²) in [7, 11) is 0. The molecule has 2 aromatic carbocycles. The third kappa shape index (κ3) is 1.80. The van der Waals surface area contributed by atoms with Crippen molar-refractivity contribution in [2.24, 2.45) is 0 Å². The first-order valence-corrected chi connectivity index (χ1v) is 6.51. The van der Waals surface area contributed by atoms with Crippen molar-refractivity contribution in [3.63, 3.8) is 0 Å². The van der Waals surface area contributed by atoms with Gasteiger partial charge in [-0.2, -0.15) is 4.98 Å². The van der Waals surface area contributed by atoms with Gasteiger partial charge in [0.15, 0.2) is 0 Å². The minimum Gasteiger partial charge on any atom is -0.351 e. The summed E-state index contributed by atoms with van der Waals surface area (Å²) >= 11 is 0. The summed E-state index contributed by atoms with van der Waals surface area (Å²) < 4.78 is 1.89. The zero-order chi connectivity index (χ0) is 13.4. The van der Waals surface area contributed by atoms with E-state index in [1.165, 1.54) is 5.56 Å². The lowest BCUT2D eigenvalue weighted by atomic mass is 10.2. The van der Waals surface area contributed by atoms with Gasteiger partial charge in [-0.25, -0.2) is 9.50 Å². The van der Waals surface area contributed by atoms with E-state index in [9.17, 15) is 0 Å². The maximum Gasteiger partial charge on any atom is 0.253 e. The molecule has 5 nitrogen and oxygen atoms in total. The van der Waals surface area contributed by atoms with Crippen molar-refractivity contribution in [2.75, 3.05) is 5.32 Å². The fraction of sp³-hybridized carbons (Fsp3) is 0.0667. The molecule has 4 aromatic rings. The van der Waals surface area contributed by atoms with Crippen molar-refractivity contribution in [3.05, 3.63) is 60.2 Å². The van der Waals surface area contributed by atoms with E-state index < -0.39 is 0 Å². The minimum absolute atomic E-state index is 0.682. The number of para-hydroxylation sites is 2. The molecule has 0 fully saturated rings. The largest absolute Gasteiger partial charge is 0.351 e. The van der Waals surface area contributed by atoms with Crippen LogP contribution in [0.15, 0.2) is 54.6 Å². The number of aromatic amines is 1. The summed E-state index contributed by atoms with van der Waals surface area (Å²) in [5.74, 6) is 1.41. The molecule has 0 aliphatic rings. The molecule has 20 heavy (non-hydrogen) atoms. The lowest BCUT2D eigenvalue weighted by Crippen LogP contribution is -2.01. The van der Waals surface area contributed by atoms with Crippen molar-refractivity contribution in [3.8, 4) is 0 Å². The molecule has 2 N–H and O–H groups in total. The number of benzene rings is 2. The van der Waals surface area contributed by atoms with E-state index in [0.29, 0.717) is 5.78 Å². The molecular weight excluding hydrogens is 250 g/mol. The quantitative estimate of drug-likeness (QED) is 0.597. The summed E-state index contributed by atoms with van der Waals surface area (Å²) in [6.07, 6.45) is 0. The van der Waals surface area contributed by atoms with Crippen LogP contribution >= 0.6 is 0 Å². The highest BCUT2D eigenvalue weighted by molar-refractivity contribution is 5.79. The number of rotatable bonds is 3. The maximum absolute atomic E-state index is 4.47. The third-order valence-electron chi connectivity index (χ3n) is 3.28. The van der Waals surface area contributed by atoms with Gasteiger partial charge in [-0.15, -0.1) is 0 Å². The first kappa shape index (κ1) is 11.0. The van der Waals surface area contributed by atoms with Gasteiger partial charge in [0.1, 0.15) is 0 Å². The molecule has 0 spiro atoms. The van der Waals surface area contributed by atoms with Crippen molar-refractivity contribution in [1.82, 2.24) is 19.6 Å². The molecule has 5 heteroatoms. The predicted molar refractivity (Wildman–Crippen MR) is 78.6 cm³/mol. The van der Waals surface area contributed by atoms with Gasteiger partial charge >= 0.3 is 0 Å². The summed E-state index contributed by atoms with van der Waals surface area (Å²) in [6.45, 7) is 0.732. The summed E-state index contributed by atoms with van der Waals surface area (Å²) in [5.41, 5.74) is 3.19. The zero-order valence-electron chi connectivity index (χ0n) is 10.7. The highest BCUT2D eigenvalue weighted by Crippen LogP contribution is 2.16. The number of nitrogens with zero attached hydrogens (tertiary/aromatic N) is 3. The van der Waals surface area contributed by atoms with Gasteiger partial charge in [-0.1, -0.05) is 42.5 Å². The first-order chi connectivity index (χ1) is 9.90. The van der Waals surface area contributed by atoms with E-state index >= 15 is 0 Å². The van der Waals surface area contributed by atoms with Gasteiger partial charge in [-0.3, -0.25) is 5.10 Å². The van der Waals surface area contributed by atoms with Gasteiger partial charge in [0.25, 0.3) is 5.78 Å². The molecule has 0 saturated heterocycles. The predicted octanol–water partition coefficient (Wildman–Crippen LogP) is 2.82. The Labute approximate surface area is 115 Å². The van der Waals surface area contributed by atoms with Crippen LogP contribution in [0, 0.1) is 0 Å². The van der Waals surface area contributed by atoms with Crippen LogP contribution in [0.25, 0.3) is 16.8 Å². The lowest BCUT2D eigenvalue weighted by molar-refractivity contribution is 0.987. The highest BCUT2D eigenvalue weighted by atomic mass is 15.4. The summed E-state index contributed by atoms with van der Waals surface area (Å²) in [4.78, 5) is 8.92. The smallest absolute Gasteiger partial charge is 0.253 e. The molecule has 0 bridgehead atoms. The fourth-order valence-corrected chi connectivity index (χ4v) is 2.29. The molecule has 0 amide bonds. The number of aromatic nitrogens is 4. The highest BCUT2D eigenvalue weighted by Gasteiger charge is 2.08. The summed E-state index contributed by atoms with van der Waals surface area (Å²) in [5, 5.41) is 6.49. The van der Waals surface area contributed by atoms with Crippen LogP contribution in [0.5, 0.6) is 0 Å². The lowest BCUT2D eigenvalue weighted by Gasteiger charge is -2.01. The molecule has 0 aliphatic heterocycles. The second kappa shape index (κ2) is 4.38. The number of H-pyrrole nitrogens is 1. The first-order valence-electron chi connectivity index (χ1n) is 6.51. The van der Waals surface area contributed by atoms with Gasteiger partial charge in [-0.05, 0) is 17.7 Å². The molecule has 0 saturated carbocycles. The van der Waals surface area contributed by atoms with Gasteiger partial charge in [0, 0.05) is 6.54 Å². The summed E-state index contributed by atoms with van der Waals surface area (Å²) in [6, 6.07) is 18.2. The molecule has 0 aliphatic carbocycles. The molecule has 98 valence electrons. The Bertz CT molecular complexity index is 860. The van der Waals surface area contributed by atoms with E-state index in [-0.39, 0.29) is 0 Å². The van der Waals surface area contributed by atoms with E-state index in [0.717, 1.165) is 23.5 Å². The van der Waals surface area contributed by atoms with E-state index in [2.05, 4.69) is 32.5 Å². The van der Waals surface area contributed by atoms with Crippen molar-refractivity contribution in [1.29, 1.82) is 0 Å². The van der Waals surface area contributed by atoms with Crippen molar-refractivity contribution >= 4 is 22.8 Å². The molecular formula is C15H13N5. The van der Waals surface area contributed by atoms with Crippen LogP contribution in [0.1, 0.15) is 5.56 Å². The van der Waals surface area contributed by atoms with Gasteiger partial charge < -0.3 is 5.32 Å². The fourth-order valence-electron chi connectivity index (χ4n) is 2.29. The number of fused-ring (bicyclic) bond motifs is 3. The Morgan fingerprint density at radius 2 is 1.75 bits per heavy atom. The van der Waals surface area contributed by atoms with Crippen molar-refractivity contribution < 1.29 is 0 Å². The van der Waals surface area contributed by atoms with E-state index in [4.69, 9.17) is 0 Å². The monoisotopic (exact) mass is 263 g/mol. The van der Waals surface area contributed by atoms with E-state index in [1.807, 2.05) is 47.0 Å². The average Bonchev–Trinajstić information content (AvgIpc) is 3.03. The minimum atomic E-state index is 0.682. The number of hydrogen-bond acceptors (Lipinski definition) is 3. The third-order valence-corrected chi connectivity index (χ3v) is 3.28.